The number of hydrogen-bond donors (Lipinski definition) is 1. The van der Waals surface area contributed by atoms with Crippen LogP contribution in [0.25, 0.3) is 10.9 Å². The summed E-state index contributed by atoms with van der Waals surface area (Å²) in [4.78, 5) is 29.1. The summed E-state index contributed by atoms with van der Waals surface area (Å²) < 4.78 is 0. The number of fused-ring (bicyclic) bond motifs is 1. The molecule has 2 aromatic carbocycles. The second kappa shape index (κ2) is 7.48. The highest BCUT2D eigenvalue weighted by Crippen LogP contribution is 2.32. The van der Waals surface area contributed by atoms with Crippen LogP contribution in [0.5, 0.6) is 0 Å². The van der Waals surface area contributed by atoms with Crippen molar-refractivity contribution in [3.63, 3.8) is 0 Å². The fourth-order valence-electron chi connectivity index (χ4n) is 3.06. The first kappa shape index (κ1) is 17.8. The van der Waals surface area contributed by atoms with Crippen molar-refractivity contribution in [3.8, 4) is 0 Å². The summed E-state index contributed by atoms with van der Waals surface area (Å²) in [5.74, 6) is 0.00351. The number of pyridine rings is 1. The Balaban J connectivity index is 2.25. The minimum atomic E-state index is -0.0439. The molecule has 3 aromatic rings. The topological polar surface area (TPSA) is 59.1 Å². The second-order valence-corrected chi connectivity index (χ2v) is 6.42. The van der Waals surface area contributed by atoms with Crippen molar-refractivity contribution < 1.29 is 9.59 Å². The van der Waals surface area contributed by atoms with Crippen LogP contribution in [0.2, 0.25) is 0 Å². The zero-order chi connectivity index (χ0) is 18.7. The maximum absolute atomic E-state index is 12.7. The van der Waals surface area contributed by atoms with Crippen LogP contribution in [-0.4, -0.2) is 16.6 Å². The van der Waals surface area contributed by atoms with Gasteiger partial charge in [0, 0.05) is 29.3 Å². The molecule has 0 saturated carbocycles. The van der Waals surface area contributed by atoms with Gasteiger partial charge in [0.15, 0.2) is 11.6 Å². The highest BCUT2D eigenvalue weighted by Gasteiger charge is 2.18. The molecule has 0 aliphatic carbocycles. The summed E-state index contributed by atoms with van der Waals surface area (Å²) in [6.07, 6.45) is 2.82. The van der Waals surface area contributed by atoms with Crippen molar-refractivity contribution in [2.45, 2.75) is 33.6 Å². The molecule has 4 heteroatoms. The van der Waals surface area contributed by atoms with E-state index in [0.29, 0.717) is 28.8 Å². The van der Waals surface area contributed by atoms with E-state index in [-0.39, 0.29) is 11.6 Å². The van der Waals surface area contributed by atoms with E-state index >= 15 is 0 Å². The van der Waals surface area contributed by atoms with Crippen LogP contribution in [0.4, 0.5) is 11.4 Å². The number of benzene rings is 2. The van der Waals surface area contributed by atoms with Gasteiger partial charge < -0.3 is 5.32 Å². The summed E-state index contributed by atoms with van der Waals surface area (Å²) in [6.45, 7) is 5.52. The Morgan fingerprint density at radius 1 is 1.04 bits per heavy atom. The maximum Gasteiger partial charge on any atom is 0.166 e. The van der Waals surface area contributed by atoms with Crippen LogP contribution < -0.4 is 5.32 Å². The van der Waals surface area contributed by atoms with E-state index in [0.717, 1.165) is 23.1 Å². The van der Waals surface area contributed by atoms with Gasteiger partial charge in [0.1, 0.15) is 0 Å². The Morgan fingerprint density at radius 2 is 1.81 bits per heavy atom. The van der Waals surface area contributed by atoms with Gasteiger partial charge in [-0.2, -0.15) is 0 Å². The molecule has 0 unspecified atom stereocenters. The highest BCUT2D eigenvalue weighted by atomic mass is 16.1. The van der Waals surface area contributed by atoms with E-state index in [4.69, 9.17) is 0 Å². The number of nitrogens with zero attached hydrogens (tertiary/aromatic N) is 1. The van der Waals surface area contributed by atoms with Crippen molar-refractivity contribution in [1.29, 1.82) is 0 Å². The Labute approximate surface area is 153 Å². The van der Waals surface area contributed by atoms with E-state index < -0.39 is 0 Å². The predicted octanol–water partition coefficient (Wildman–Crippen LogP) is 5.47. The van der Waals surface area contributed by atoms with Gasteiger partial charge >= 0.3 is 0 Å². The second-order valence-electron chi connectivity index (χ2n) is 6.42. The summed E-state index contributed by atoms with van der Waals surface area (Å²) in [5.41, 5.74) is 4.45. The lowest BCUT2D eigenvalue weighted by Gasteiger charge is -2.16. The molecule has 1 N–H and O–H groups in total. The molecule has 4 nitrogen and oxygen atoms in total. The molecule has 0 bridgehead atoms. The smallest absolute Gasteiger partial charge is 0.166 e. The zero-order valence-corrected chi connectivity index (χ0v) is 15.3. The molecule has 0 saturated heterocycles. The largest absolute Gasteiger partial charge is 0.354 e. The summed E-state index contributed by atoms with van der Waals surface area (Å²) in [5, 5.41) is 4.20. The van der Waals surface area contributed by atoms with E-state index in [1.807, 2.05) is 50.2 Å². The Morgan fingerprint density at radius 3 is 2.50 bits per heavy atom. The maximum atomic E-state index is 12.7. The van der Waals surface area contributed by atoms with Crippen LogP contribution in [0.1, 0.15) is 53.0 Å². The lowest BCUT2D eigenvalue weighted by atomic mass is 9.99. The first-order valence-electron chi connectivity index (χ1n) is 8.81. The van der Waals surface area contributed by atoms with Crippen molar-refractivity contribution in [3.05, 3.63) is 65.4 Å². The number of carbonyl (C=O) groups excluding carboxylic acids is 2. The summed E-state index contributed by atoms with van der Waals surface area (Å²) >= 11 is 0. The standard InChI is InChI=1S/C22H22N2O2/c1-4-8-20(26)18-13-23-21-16(15(3)25)10-7-11-17(21)22(18)24-19-12-6-5-9-14(19)2/h5-7,9-13H,4,8H2,1-3H3,(H,23,24). The lowest BCUT2D eigenvalue weighted by molar-refractivity contribution is 0.0980. The molecule has 3 rings (SSSR count). The van der Waals surface area contributed by atoms with Crippen molar-refractivity contribution >= 4 is 33.8 Å². The van der Waals surface area contributed by atoms with E-state index in [2.05, 4.69) is 10.3 Å². The van der Waals surface area contributed by atoms with Gasteiger partial charge in [0.05, 0.1) is 16.8 Å². The van der Waals surface area contributed by atoms with Crippen LogP contribution in [0.15, 0.2) is 48.7 Å². The minimum Gasteiger partial charge on any atom is -0.354 e. The predicted molar refractivity (Wildman–Crippen MR) is 105 cm³/mol. The number of hydrogen-bond acceptors (Lipinski definition) is 4. The molecule has 0 aliphatic heterocycles. The van der Waals surface area contributed by atoms with Crippen LogP contribution in [0.3, 0.4) is 0 Å². The Bertz CT molecular complexity index is 993. The Hall–Kier alpha value is -3.01. The third-order valence-corrected chi connectivity index (χ3v) is 4.46. The number of ketones is 2. The first-order valence-corrected chi connectivity index (χ1v) is 8.81. The fraction of sp³-hybridized carbons (Fsp3) is 0.227. The number of nitrogens with one attached hydrogen (secondary N) is 1. The molecule has 0 amide bonds. The van der Waals surface area contributed by atoms with Crippen LogP contribution in [0, 0.1) is 6.92 Å². The first-order chi connectivity index (χ1) is 12.5. The number of aryl methyl sites for hydroxylation is 1. The van der Waals surface area contributed by atoms with E-state index in [1.54, 1.807) is 12.3 Å². The molecule has 0 spiro atoms. The third-order valence-electron chi connectivity index (χ3n) is 4.46. The highest BCUT2D eigenvalue weighted by molar-refractivity contribution is 6.13. The van der Waals surface area contributed by atoms with Gasteiger partial charge in [-0.05, 0) is 38.0 Å². The number of anilines is 2. The minimum absolute atomic E-state index is 0.0439. The van der Waals surface area contributed by atoms with Crippen molar-refractivity contribution in [2.75, 3.05) is 5.32 Å². The van der Waals surface area contributed by atoms with Gasteiger partial charge in [0.25, 0.3) is 0 Å². The third kappa shape index (κ3) is 3.36. The van der Waals surface area contributed by atoms with Crippen molar-refractivity contribution in [2.24, 2.45) is 0 Å². The molecule has 132 valence electrons. The number of para-hydroxylation sites is 2. The molecule has 0 fully saturated rings. The van der Waals surface area contributed by atoms with Gasteiger partial charge in [-0.15, -0.1) is 0 Å². The van der Waals surface area contributed by atoms with Crippen LogP contribution in [-0.2, 0) is 0 Å². The molecular weight excluding hydrogens is 324 g/mol. The van der Waals surface area contributed by atoms with Gasteiger partial charge in [-0.25, -0.2) is 0 Å². The zero-order valence-electron chi connectivity index (χ0n) is 15.3. The van der Waals surface area contributed by atoms with Gasteiger partial charge in [-0.1, -0.05) is 37.3 Å². The fourth-order valence-corrected chi connectivity index (χ4v) is 3.06. The average Bonchev–Trinajstić information content (AvgIpc) is 2.63. The van der Waals surface area contributed by atoms with Gasteiger partial charge in [-0.3, -0.25) is 14.6 Å². The van der Waals surface area contributed by atoms with E-state index in [9.17, 15) is 9.59 Å². The number of Topliss-reactive ketones (excluding diaryl/α,β-unsaturated/α-hetero) is 2. The van der Waals surface area contributed by atoms with E-state index in [1.165, 1.54) is 6.92 Å². The monoisotopic (exact) mass is 346 g/mol. The quantitative estimate of drug-likeness (QED) is 0.601. The average molecular weight is 346 g/mol. The van der Waals surface area contributed by atoms with Gasteiger partial charge in [0.2, 0.25) is 0 Å². The molecule has 26 heavy (non-hydrogen) atoms. The molecule has 0 aliphatic rings. The normalized spacial score (nSPS) is 10.7. The SMILES string of the molecule is CCCC(=O)c1cnc2c(C(C)=O)cccc2c1Nc1ccccc1C. The lowest BCUT2D eigenvalue weighted by Crippen LogP contribution is -2.07. The number of aromatic nitrogens is 1. The van der Waals surface area contributed by atoms with Crippen molar-refractivity contribution in [1.82, 2.24) is 4.98 Å². The molecule has 0 radical (unpaired) electrons. The van der Waals surface area contributed by atoms with Crippen LogP contribution >= 0.6 is 0 Å². The summed E-state index contributed by atoms with van der Waals surface area (Å²) in [6, 6.07) is 13.4. The number of rotatable bonds is 6. The number of carbonyl (C=O) groups is 2. The molecule has 1 heterocycles. The Kier molecular flexibility index (Phi) is 5.12. The summed E-state index contributed by atoms with van der Waals surface area (Å²) in [7, 11) is 0. The molecular formula is C22H22N2O2. The molecule has 0 atom stereocenters. The molecule has 1 aromatic heterocycles.